The fourth-order valence-corrected chi connectivity index (χ4v) is 3.06. The van der Waals surface area contributed by atoms with Gasteiger partial charge in [0.05, 0.1) is 20.1 Å². The van der Waals surface area contributed by atoms with E-state index in [0.29, 0.717) is 24.7 Å². The molecule has 6 heteroatoms. The lowest BCUT2D eigenvalue weighted by Gasteiger charge is -2.32. The van der Waals surface area contributed by atoms with E-state index in [1.807, 2.05) is 36.1 Å². The highest BCUT2D eigenvalue weighted by Crippen LogP contribution is 2.21. The second-order valence-electron chi connectivity index (χ2n) is 6.15. The van der Waals surface area contributed by atoms with Gasteiger partial charge in [-0.2, -0.15) is 4.98 Å². The Hall–Kier alpha value is -2.63. The molecule has 1 aromatic carbocycles. The standard InChI is InChI=1S/C19H23N3O3/c1-14-20-10-9-18(21-14)25-16-7-5-11-22(13-16)19(23)12-15-6-3-4-8-17(15)24-2/h3-4,6,8-10,16H,5,7,11-13H2,1-2H3/t16-/m0/s1. The number of benzene rings is 1. The van der Waals surface area contributed by atoms with Gasteiger partial charge in [0.1, 0.15) is 17.7 Å². The molecule has 1 saturated heterocycles. The number of nitrogens with zero attached hydrogens (tertiary/aromatic N) is 3. The molecule has 132 valence electrons. The first-order valence-electron chi connectivity index (χ1n) is 8.51. The van der Waals surface area contributed by atoms with Crippen LogP contribution in [0.5, 0.6) is 11.6 Å². The van der Waals surface area contributed by atoms with Crippen LogP contribution in [0.4, 0.5) is 0 Å². The molecule has 0 saturated carbocycles. The molecule has 2 aromatic rings. The molecule has 1 fully saturated rings. The molecule has 0 spiro atoms. The van der Waals surface area contributed by atoms with Crippen LogP contribution >= 0.6 is 0 Å². The van der Waals surface area contributed by atoms with E-state index in [1.165, 1.54) is 0 Å². The number of methoxy groups -OCH3 is 1. The number of aromatic nitrogens is 2. The summed E-state index contributed by atoms with van der Waals surface area (Å²) >= 11 is 0. The first kappa shape index (κ1) is 17.2. The molecule has 1 atom stereocenters. The number of piperidine rings is 1. The van der Waals surface area contributed by atoms with Crippen LogP contribution in [0.25, 0.3) is 0 Å². The highest BCUT2D eigenvalue weighted by Gasteiger charge is 2.25. The van der Waals surface area contributed by atoms with Crippen LogP contribution < -0.4 is 9.47 Å². The summed E-state index contributed by atoms with van der Waals surface area (Å²) in [7, 11) is 1.62. The summed E-state index contributed by atoms with van der Waals surface area (Å²) in [6, 6.07) is 9.38. The quantitative estimate of drug-likeness (QED) is 0.836. The van der Waals surface area contributed by atoms with Crippen LogP contribution in [0.1, 0.15) is 24.2 Å². The second-order valence-corrected chi connectivity index (χ2v) is 6.15. The van der Waals surface area contributed by atoms with E-state index >= 15 is 0 Å². The largest absolute Gasteiger partial charge is 0.496 e. The molecule has 0 bridgehead atoms. The Morgan fingerprint density at radius 2 is 2.16 bits per heavy atom. The maximum Gasteiger partial charge on any atom is 0.227 e. The smallest absolute Gasteiger partial charge is 0.227 e. The molecule has 0 N–H and O–H groups in total. The van der Waals surface area contributed by atoms with E-state index in [2.05, 4.69) is 9.97 Å². The van der Waals surface area contributed by atoms with E-state index in [4.69, 9.17) is 9.47 Å². The summed E-state index contributed by atoms with van der Waals surface area (Å²) in [5.41, 5.74) is 0.907. The third kappa shape index (κ3) is 4.47. The number of carbonyl (C=O) groups excluding carboxylic acids is 1. The Kier molecular flexibility index (Phi) is 5.48. The average molecular weight is 341 g/mol. The highest BCUT2D eigenvalue weighted by molar-refractivity contribution is 5.79. The van der Waals surface area contributed by atoms with E-state index in [1.54, 1.807) is 19.4 Å². The number of likely N-dealkylation sites (tertiary alicyclic amines) is 1. The molecule has 1 aliphatic heterocycles. The lowest BCUT2D eigenvalue weighted by Crippen LogP contribution is -2.45. The van der Waals surface area contributed by atoms with Crippen LogP contribution in [0.2, 0.25) is 0 Å². The van der Waals surface area contributed by atoms with Crippen molar-refractivity contribution in [2.75, 3.05) is 20.2 Å². The number of amides is 1. The molecule has 1 aromatic heterocycles. The van der Waals surface area contributed by atoms with E-state index < -0.39 is 0 Å². The fraction of sp³-hybridized carbons (Fsp3) is 0.421. The van der Waals surface area contributed by atoms with Crippen LogP contribution in [-0.4, -0.2) is 47.1 Å². The van der Waals surface area contributed by atoms with Crippen LogP contribution in [0.3, 0.4) is 0 Å². The first-order chi connectivity index (χ1) is 12.2. The lowest BCUT2D eigenvalue weighted by atomic mass is 10.1. The molecule has 1 amide bonds. The van der Waals surface area contributed by atoms with Gasteiger partial charge in [0.2, 0.25) is 11.8 Å². The lowest BCUT2D eigenvalue weighted by molar-refractivity contribution is -0.133. The molecule has 1 aliphatic rings. The van der Waals surface area contributed by atoms with E-state index in [9.17, 15) is 4.79 Å². The maximum absolute atomic E-state index is 12.7. The summed E-state index contributed by atoms with van der Waals surface area (Å²) in [6.07, 6.45) is 3.83. The number of rotatable bonds is 5. The molecular weight excluding hydrogens is 318 g/mol. The third-order valence-electron chi connectivity index (χ3n) is 4.30. The van der Waals surface area contributed by atoms with Crippen molar-refractivity contribution in [2.45, 2.75) is 32.3 Å². The van der Waals surface area contributed by atoms with E-state index in [0.717, 1.165) is 30.7 Å². The monoisotopic (exact) mass is 341 g/mol. The van der Waals surface area contributed by atoms with Gasteiger partial charge < -0.3 is 14.4 Å². The van der Waals surface area contributed by atoms with Crippen molar-refractivity contribution in [1.82, 2.24) is 14.9 Å². The van der Waals surface area contributed by atoms with Gasteiger partial charge in [-0.3, -0.25) is 4.79 Å². The second kappa shape index (κ2) is 7.96. The predicted octanol–water partition coefficient (Wildman–Crippen LogP) is 2.41. The van der Waals surface area contributed by atoms with Crippen molar-refractivity contribution in [3.63, 3.8) is 0 Å². The summed E-state index contributed by atoms with van der Waals surface area (Å²) in [4.78, 5) is 22.9. The minimum Gasteiger partial charge on any atom is -0.496 e. The number of carbonyl (C=O) groups is 1. The van der Waals surface area contributed by atoms with Gasteiger partial charge in [-0.05, 0) is 25.8 Å². The Balaban J connectivity index is 1.61. The number of hydrogen-bond donors (Lipinski definition) is 0. The summed E-state index contributed by atoms with van der Waals surface area (Å²) in [5, 5.41) is 0. The molecule has 6 nitrogen and oxygen atoms in total. The van der Waals surface area contributed by atoms with Crippen molar-refractivity contribution in [2.24, 2.45) is 0 Å². The Morgan fingerprint density at radius 3 is 2.96 bits per heavy atom. The summed E-state index contributed by atoms with van der Waals surface area (Å²) in [6.45, 7) is 3.17. The Bertz CT molecular complexity index is 735. The zero-order valence-electron chi connectivity index (χ0n) is 14.6. The normalized spacial score (nSPS) is 17.2. The highest BCUT2D eigenvalue weighted by atomic mass is 16.5. The summed E-state index contributed by atoms with van der Waals surface area (Å²) in [5.74, 6) is 2.09. The topological polar surface area (TPSA) is 64.5 Å². The molecular formula is C19H23N3O3. The van der Waals surface area contributed by atoms with Crippen molar-refractivity contribution >= 4 is 5.91 Å². The molecule has 2 heterocycles. The summed E-state index contributed by atoms with van der Waals surface area (Å²) < 4.78 is 11.3. The minimum absolute atomic E-state index is 0.0373. The minimum atomic E-state index is -0.0373. The van der Waals surface area contributed by atoms with E-state index in [-0.39, 0.29) is 12.0 Å². The third-order valence-corrected chi connectivity index (χ3v) is 4.30. The van der Waals surface area contributed by atoms with Crippen LogP contribution in [-0.2, 0) is 11.2 Å². The average Bonchev–Trinajstić information content (AvgIpc) is 2.62. The van der Waals surface area contributed by atoms with Crippen molar-refractivity contribution in [3.8, 4) is 11.6 Å². The van der Waals surface area contributed by atoms with Crippen molar-refractivity contribution < 1.29 is 14.3 Å². The number of ether oxygens (including phenoxy) is 2. The van der Waals surface area contributed by atoms with Gasteiger partial charge in [0, 0.05) is 24.4 Å². The van der Waals surface area contributed by atoms with Gasteiger partial charge >= 0.3 is 0 Å². The predicted molar refractivity (Wildman–Crippen MR) is 93.7 cm³/mol. The SMILES string of the molecule is COc1ccccc1CC(=O)N1CCC[C@H](Oc2ccnc(C)n2)C1. The molecule has 0 radical (unpaired) electrons. The molecule has 3 rings (SSSR count). The van der Waals surface area contributed by atoms with Crippen LogP contribution in [0, 0.1) is 6.92 Å². The number of aryl methyl sites for hydroxylation is 1. The van der Waals surface area contributed by atoms with Crippen molar-refractivity contribution in [1.29, 1.82) is 0 Å². The van der Waals surface area contributed by atoms with Crippen molar-refractivity contribution in [3.05, 3.63) is 47.9 Å². The first-order valence-corrected chi connectivity index (χ1v) is 8.51. The molecule has 0 unspecified atom stereocenters. The Labute approximate surface area is 147 Å². The van der Waals surface area contributed by atoms with Gasteiger partial charge in [-0.25, -0.2) is 4.98 Å². The Morgan fingerprint density at radius 1 is 1.32 bits per heavy atom. The molecule has 25 heavy (non-hydrogen) atoms. The number of hydrogen-bond acceptors (Lipinski definition) is 5. The van der Waals surface area contributed by atoms with Gasteiger partial charge in [-0.1, -0.05) is 18.2 Å². The van der Waals surface area contributed by atoms with Crippen LogP contribution in [0.15, 0.2) is 36.5 Å². The van der Waals surface area contributed by atoms with Gasteiger partial charge in [-0.15, -0.1) is 0 Å². The fourth-order valence-electron chi connectivity index (χ4n) is 3.06. The maximum atomic E-state index is 12.7. The zero-order valence-corrected chi connectivity index (χ0v) is 14.6. The molecule has 0 aliphatic carbocycles. The van der Waals surface area contributed by atoms with Gasteiger partial charge in [0.25, 0.3) is 0 Å². The zero-order chi connectivity index (χ0) is 17.6. The van der Waals surface area contributed by atoms with Gasteiger partial charge in [0.15, 0.2) is 0 Å². The number of para-hydroxylation sites is 1.